The van der Waals surface area contributed by atoms with Crippen LogP contribution in [0.15, 0.2) is 43.0 Å². The molecule has 1 amide bonds. The molecule has 1 N–H and O–H groups in total. The number of allylic oxidation sites excluding steroid dienone is 4. The van der Waals surface area contributed by atoms with Crippen LogP contribution in [0.3, 0.4) is 0 Å². The second kappa shape index (κ2) is 8.68. The Hall–Kier alpha value is -3.30. The molecule has 2 aromatic heterocycles. The highest BCUT2D eigenvalue weighted by molar-refractivity contribution is 5.97. The summed E-state index contributed by atoms with van der Waals surface area (Å²) in [5, 5.41) is 3.16. The van der Waals surface area contributed by atoms with Crippen molar-refractivity contribution < 1.29 is 18.0 Å². The molecule has 10 heteroatoms. The van der Waals surface area contributed by atoms with E-state index >= 15 is 0 Å². The van der Waals surface area contributed by atoms with Crippen LogP contribution in [-0.2, 0) is 6.18 Å². The highest BCUT2D eigenvalue weighted by Crippen LogP contribution is 2.40. The van der Waals surface area contributed by atoms with Gasteiger partial charge in [-0.3, -0.25) is 9.78 Å². The summed E-state index contributed by atoms with van der Waals surface area (Å²) in [5.74, 6) is 0.371. The van der Waals surface area contributed by atoms with E-state index in [2.05, 4.69) is 25.3 Å². The van der Waals surface area contributed by atoms with Gasteiger partial charge in [0.2, 0.25) is 0 Å². The van der Waals surface area contributed by atoms with Crippen LogP contribution in [0, 0.1) is 5.92 Å². The molecule has 1 saturated carbocycles. The quantitative estimate of drug-likeness (QED) is 0.703. The number of likely N-dealkylation sites (tertiary alicyclic amines) is 1. The van der Waals surface area contributed by atoms with E-state index < -0.39 is 11.9 Å². The highest BCUT2D eigenvalue weighted by atomic mass is 19.4. The van der Waals surface area contributed by atoms with Gasteiger partial charge < -0.3 is 10.2 Å². The molecule has 2 bridgehead atoms. The van der Waals surface area contributed by atoms with Crippen molar-refractivity contribution in [1.82, 2.24) is 24.8 Å². The molecule has 1 aliphatic heterocycles. The zero-order chi connectivity index (χ0) is 22.9. The summed E-state index contributed by atoms with van der Waals surface area (Å²) in [6.45, 7) is 4.40. The van der Waals surface area contributed by atoms with Gasteiger partial charge in [-0.15, -0.1) is 0 Å². The van der Waals surface area contributed by atoms with Crippen molar-refractivity contribution in [3.8, 4) is 0 Å². The van der Waals surface area contributed by atoms with E-state index in [1.807, 2.05) is 32.1 Å². The van der Waals surface area contributed by atoms with Crippen molar-refractivity contribution in [2.45, 2.75) is 44.9 Å². The van der Waals surface area contributed by atoms with E-state index in [0.717, 1.165) is 24.6 Å². The third kappa shape index (κ3) is 4.35. The lowest BCUT2D eigenvalue weighted by atomic mass is 10.0. The lowest BCUT2D eigenvalue weighted by Gasteiger charge is -2.34. The van der Waals surface area contributed by atoms with Gasteiger partial charge in [0, 0.05) is 25.0 Å². The van der Waals surface area contributed by atoms with Crippen molar-refractivity contribution in [2.24, 2.45) is 5.92 Å². The van der Waals surface area contributed by atoms with Crippen LogP contribution in [0.25, 0.3) is 5.57 Å². The number of nitrogens with one attached hydrogen (secondary N) is 1. The number of aromatic nitrogens is 4. The highest BCUT2D eigenvalue weighted by Gasteiger charge is 2.47. The summed E-state index contributed by atoms with van der Waals surface area (Å²) in [6, 6.07) is -0.227. The summed E-state index contributed by atoms with van der Waals surface area (Å²) in [7, 11) is 0. The number of alkyl halides is 3. The minimum Gasteiger partial charge on any atom is -0.364 e. The first-order valence-corrected chi connectivity index (χ1v) is 10.4. The zero-order valence-electron chi connectivity index (χ0n) is 17.7. The number of carbonyl (C=O) groups is 1. The Labute approximate surface area is 183 Å². The topological polar surface area (TPSA) is 83.9 Å². The molecule has 3 unspecified atom stereocenters. The Bertz CT molecular complexity index is 1050. The number of nitrogens with zero attached hydrogens (tertiary/aromatic N) is 5. The molecule has 0 spiro atoms. The Morgan fingerprint density at radius 3 is 2.50 bits per heavy atom. The van der Waals surface area contributed by atoms with Crippen molar-refractivity contribution in [1.29, 1.82) is 0 Å². The first-order chi connectivity index (χ1) is 15.3. The predicted molar refractivity (Wildman–Crippen MR) is 112 cm³/mol. The second-order valence-corrected chi connectivity index (χ2v) is 8.03. The summed E-state index contributed by atoms with van der Waals surface area (Å²) < 4.78 is 38.2. The van der Waals surface area contributed by atoms with Gasteiger partial charge in [0.25, 0.3) is 5.91 Å². The van der Waals surface area contributed by atoms with Crippen LogP contribution in [0.2, 0.25) is 0 Å². The first-order valence-electron chi connectivity index (χ1n) is 10.4. The first kappa shape index (κ1) is 21.9. The number of amides is 1. The number of hydrogen-bond donors (Lipinski definition) is 1. The van der Waals surface area contributed by atoms with Gasteiger partial charge in [0.05, 0.1) is 24.1 Å². The number of anilines is 1. The fourth-order valence-corrected chi connectivity index (χ4v) is 4.39. The van der Waals surface area contributed by atoms with Crippen LogP contribution in [0.1, 0.15) is 48.6 Å². The molecule has 168 valence electrons. The molecule has 3 heterocycles. The van der Waals surface area contributed by atoms with Gasteiger partial charge in [-0.05, 0) is 38.2 Å². The Balaban J connectivity index is 1.52. The maximum atomic E-state index is 13.4. The predicted octanol–water partition coefficient (Wildman–Crippen LogP) is 3.98. The second-order valence-electron chi connectivity index (χ2n) is 8.03. The van der Waals surface area contributed by atoms with Crippen molar-refractivity contribution in [3.05, 3.63) is 60.1 Å². The average molecular weight is 444 g/mol. The number of halogens is 3. The Kier molecular flexibility index (Phi) is 5.94. The van der Waals surface area contributed by atoms with Gasteiger partial charge in [-0.2, -0.15) is 13.2 Å². The number of rotatable bonds is 5. The van der Waals surface area contributed by atoms with Crippen LogP contribution in [0.5, 0.6) is 0 Å². The summed E-state index contributed by atoms with van der Waals surface area (Å²) >= 11 is 0. The molecule has 0 radical (unpaired) electrons. The van der Waals surface area contributed by atoms with Crippen molar-refractivity contribution >= 4 is 17.3 Å². The lowest BCUT2D eigenvalue weighted by molar-refractivity contribution is -0.141. The molecule has 2 fully saturated rings. The molecule has 32 heavy (non-hydrogen) atoms. The maximum Gasteiger partial charge on any atom is 0.434 e. The van der Waals surface area contributed by atoms with Gasteiger partial charge >= 0.3 is 6.18 Å². The SMILES string of the molecule is C/C=C\C=C(/C)c1nccnc1C(=O)N1CC2CC(Nc3cnc(C(F)(F)F)cn3)C1C2. The normalized spacial score (nSPS) is 23.2. The number of piperidine rings is 1. The number of carbonyl (C=O) groups excluding carboxylic acids is 1. The molecule has 2 aliphatic rings. The smallest absolute Gasteiger partial charge is 0.364 e. The minimum atomic E-state index is -4.53. The Morgan fingerprint density at radius 1 is 1.12 bits per heavy atom. The van der Waals surface area contributed by atoms with Gasteiger partial charge in [0.1, 0.15) is 5.82 Å². The molecule has 0 aromatic carbocycles. The third-order valence-electron chi connectivity index (χ3n) is 5.83. The average Bonchev–Trinajstić information content (AvgIpc) is 3.37. The minimum absolute atomic E-state index is 0.105. The van der Waals surface area contributed by atoms with E-state index in [1.165, 1.54) is 6.20 Å². The zero-order valence-corrected chi connectivity index (χ0v) is 17.7. The van der Waals surface area contributed by atoms with Crippen LogP contribution in [-0.4, -0.2) is 49.4 Å². The maximum absolute atomic E-state index is 13.4. The largest absolute Gasteiger partial charge is 0.434 e. The van der Waals surface area contributed by atoms with Crippen molar-refractivity contribution in [2.75, 3.05) is 11.9 Å². The lowest BCUT2D eigenvalue weighted by Crippen LogP contribution is -2.48. The summed E-state index contributed by atoms with van der Waals surface area (Å²) in [4.78, 5) is 31.2. The van der Waals surface area contributed by atoms with Crippen molar-refractivity contribution in [3.63, 3.8) is 0 Å². The van der Waals surface area contributed by atoms with Crippen LogP contribution in [0.4, 0.5) is 19.0 Å². The number of hydrogen-bond acceptors (Lipinski definition) is 6. The molecule has 1 aliphatic carbocycles. The number of fused-ring (bicyclic) bond motifs is 2. The van der Waals surface area contributed by atoms with Gasteiger partial charge in [-0.25, -0.2) is 15.0 Å². The van der Waals surface area contributed by atoms with E-state index in [-0.39, 0.29) is 23.8 Å². The molecular formula is C22H23F3N6O. The molecular weight excluding hydrogens is 421 g/mol. The van der Waals surface area contributed by atoms with Crippen LogP contribution < -0.4 is 5.32 Å². The fourth-order valence-electron chi connectivity index (χ4n) is 4.39. The molecule has 1 saturated heterocycles. The summed E-state index contributed by atoms with van der Waals surface area (Å²) in [6.07, 6.45) is 7.60. The third-order valence-corrected chi connectivity index (χ3v) is 5.83. The van der Waals surface area contributed by atoms with Gasteiger partial charge in [0.15, 0.2) is 11.4 Å². The molecule has 2 aromatic rings. The standard InChI is InChI=1S/C22H23F3N6O/c1-3-4-5-13(2)19-20(27-7-6-26-19)21(32)31-12-14-8-15(16(31)9-14)30-18-11-28-17(10-29-18)22(23,24)25/h3-7,10-11,14-16H,8-9,12H2,1-2H3,(H,29,30)/b4-3-,13-5+. The molecule has 7 nitrogen and oxygen atoms in total. The molecule has 3 atom stereocenters. The monoisotopic (exact) mass is 444 g/mol. The Morgan fingerprint density at radius 2 is 1.88 bits per heavy atom. The van der Waals surface area contributed by atoms with Gasteiger partial charge in [-0.1, -0.05) is 18.2 Å². The van der Waals surface area contributed by atoms with Crippen LogP contribution >= 0.6 is 0 Å². The van der Waals surface area contributed by atoms with E-state index in [4.69, 9.17) is 0 Å². The summed E-state index contributed by atoms with van der Waals surface area (Å²) in [5.41, 5.74) is 0.630. The molecule has 4 rings (SSSR count). The van der Waals surface area contributed by atoms with E-state index in [9.17, 15) is 18.0 Å². The fraction of sp³-hybridized carbons (Fsp3) is 0.409. The van der Waals surface area contributed by atoms with E-state index in [0.29, 0.717) is 30.0 Å². The van der Waals surface area contributed by atoms with E-state index in [1.54, 1.807) is 11.1 Å².